The molecule has 1 amide bonds. The molecule has 0 bridgehead atoms. The first kappa shape index (κ1) is 12.6. The van der Waals surface area contributed by atoms with Crippen molar-refractivity contribution < 1.29 is 22.4 Å². The van der Waals surface area contributed by atoms with Crippen LogP contribution in [-0.2, 0) is 6.18 Å². The van der Waals surface area contributed by atoms with Gasteiger partial charge in [0.15, 0.2) is 5.76 Å². The maximum Gasteiger partial charge on any atom is 0.419 e. The zero-order valence-electron chi connectivity index (χ0n) is 8.47. The molecule has 0 saturated heterocycles. The fraction of sp³-hybridized carbons (Fsp3) is 0.444. The minimum atomic E-state index is -4.51. The fourth-order valence-electron chi connectivity index (χ4n) is 0.945. The number of carbonyl (C=O) groups excluding carboxylic acids is 1. The van der Waals surface area contributed by atoms with Crippen molar-refractivity contribution in [3.05, 3.63) is 23.7 Å². The molecule has 16 heavy (non-hydrogen) atoms. The predicted molar refractivity (Wildman–Crippen MR) is 49.7 cm³/mol. The van der Waals surface area contributed by atoms with Crippen molar-refractivity contribution in [1.29, 1.82) is 0 Å². The molecule has 0 radical (unpaired) electrons. The summed E-state index contributed by atoms with van der Waals surface area (Å²) < 4.78 is 41.0. The number of amides is 1. The van der Waals surface area contributed by atoms with E-state index >= 15 is 0 Å². The van der Waals surface area contributed by atoms with Crippen LogP contribution in [0.2, 0.25) is 0 Å². The highest BCUT2D eigenvalue weighted by Crippen LogP contribution is 2.30. The molecule has 0 fully saturated rings. The van der Waals surface area contributed by atoms with Crippen LogP contribution in [0.5, 0.6) is 0 Å². The number of halogens is 3. The normalized spacial score (nSPS) is 13.6. The molecular formula is C9H11F3N2O2. The van der Waals surface area contributed by atoms with Crippen molar-refractivity contribution in [2.24, 2.45) is 5.73 Å². The topological polar surface area (TPSA) is 68.3 Å². The Bertz CT molecular complexity index is 371. The number of carbonyl (C=O) groups is 1. The van der Waals surface area contributed by atoms with Crippen molar-refractivity contribution >= 4 is 5.91 Å². The van der Waals surface area contributed by atoms with Crippen LogP contribution in [0.15, 0.2) is 16.7 Å². The second-order valence-electron chi connectivity index (χ2n) is 3.38. The number of nitrogens with two attached hydrogens (primary N) is 1. The molecule has 0 saturated carbocycles. The highest BCUT2D eigenvalue weighted by molar-refractivity contribution is 5.91. The van der Waals surface area contributed by atoms with E-state index in [4.69, 9.17) is 5.73 Å². The smallest absolute Gasteiger partial charge is 0.419 e. The average Bonchev–Trinajstić information content (AvgIpc) is 2.61. The van der Waals surface area contributed by atoms with E-state index < -0.39 is 17.6 Å². The standard InChI is InChI=1S/C9H11F3N2O2/c1-5(13)3-14-8(15)7-2-6(4-16-7)9(10,11)12/h2,4-5H,3,13H2,1H3,(H,14,15). The van der Waals surface area contributed by atoms with E-state index in [1.54, 1.807) is 6.92 Å². The molecule has 1 heterocycles. The first-order valence-corrected chi connectivity index (χ1v) is 4.50. The summed E-state index contributed by atoms with van der Waals surface area (Å²) in [6.07, 6.45) is -4.01. The molecule has 1 unspecified atom stereocenters. The number of rotatable bonds is 3. The third kappa shape index (κ3) is 3.27. The lowest BCUT2D eigenvalue weighted by Gasteiger charge is -2.05. The first-order valence-electron chi connectivity index (χ1n) is 4.50. The van der Waals surface area contributed by atoms with Crippen LogP contribution in [0, 0.1) is 0 Å². The summed E-state index contributed by atoms with van der Waals surface area (Å²) in [5.41, 5.74) is 4.38. The molecule has 0 spiro atoms. The van der Waals surface area contributed by atoms with Gasteiger partial charge in [0.25, 0.3) is 5.91 Å². The molecule has 1 rings (SSSR count). The Morgan fingerprint density at radius 2 is 2.25 bits per heavy atom. The molecule has 1 aromatic heterocycles. The summed E-state index contributed by atoms with van der Waals surface area (Å²) >= 11 is 0. The van der Waals surface area contributed by atoms with E-state index in [9.17, 15) is 18.0 Å². The SMILES string of the molecule is CC(N)CNC(=O)c1cc(C(F)(F)F)co1. The van der Waals surface area contributed by atoms with Crippen LogP contribution in [0.25, 0.3) is 0 Å². The number of nitrogens with one attached hydrogen (secondary N) is 1. The summed E-state index contributed by atoms with van der Waals surface area (Å²) in [5, 5.41) is 2.34. The van der Waals surface area contributed by atoms with Crippen LogP contribution in [-0.4, -0.2) is 18.5 Å². The number of alkyl halides is 3. The first-order chi connectivity index (χ1) is 7.30. The van der Waals surface area contributed by atoms with E-state index in [1.165, 1.54) is 0 Å². The molecule has 1 atom stereocenters. The lowest BCUT2D eigenvalue weighted by Crippen LogP contribution is -2.34. The second kappa shape index (κ2) is 4.56. The molecule has 1 aromatic rings. The number of furan rings is 1. The van der Waals surface area contributed by atoms with Gasteiger partial charge < -0.3 is 15.5 Å². The van der Waals surface area contributed by atoms with Gasteiger partial charge in [-0.2, -0.15) is 13.2 Å². The number of hydrogen-bond acceptors (Lipinski definition) is 3. The van der Waals surface area contributed by atoms with E-state index in [-0.39, 0.29) is 18.3 Å². The van der Waals surface area contributed by atoms with Gasteiger partial charge in [0.1, 0.15) is 6.26 Å². The minimum Gasteiger partial charge on any atom is -0.459 e. The minimum absolute atomic E-state index is 0.168. The van der Waals surface area contributed by atoms with Gasteiger partial charge in [-0.25, -0.2) is 0 Å². The van der Waals surface area contributed by atoms with E-state index in [0.717, 1.165) is 0 Å². The van der Waals surface area contributed by atoms with Gasteiger partial charge >= 0.3 is 6.18 Å². The molecule has 0 aliphatic heterocycles. The summed E-state index contributed by atoms with van der Waals surface area (Å²) in [5.74, 6) is -1.10. The summed E-state index contributed by atoms with van der Waals surface area (Å²) in [6, 6.07) is 0.372. The fourth-order valence-corrected chi connectivity index (χ4v) is 0.945. The largest absolute Gasteiger partial charge is 0.459 e. The van der Waals surface area contributed by atoms with Crippen LogP contribution >= 0.6 is 0 Å². The Balaban J connectivity index is 2.67. The average molecular weight is 236 g/mol. The lowest BCUT2D eigenvalue weighted by molar-refractivity contribution is -0.137. The molecule has 0 aliphatic carbocycles. The van der Waals surface area contributed by atoms with Crippen LogP contribution in [0.3, 0.4) is 0 Å². The van der Waals surface area contributed by atoms with E-state index in [2.05, 4.69) is 9.73 Å². The van der Waals surface area contributed by atoms with Gasteiger partial charge in [0.05, 0.1) is 5.56 Å². The number of hydrogen-bond donors (Lipinski definition) is 2. The van der Waals surface area contributed by atoms with Gasteiger partial charge in [-0.15, -0.1) is 0 Å². The van der Waals surface area contributed by atoms with Crippen LogP contribution in [0.4, 0.5) is 13.2 Å². The van der Waals surface area contributed by atoms with Crippen molar-refractivity contribution in [3.63, 3.8) is 0 Å². The Morgan fingerprint density at radius 1 is 1.62 bits per heavy atom. The Hall–Kier alpha value is -1.50. The summed E-state index contributed by atoms with van der Waals surface area (Å²) in [6.45, 7) is 1.82. The van der Waals surface area contributed by atoms with Crippen molar-refractivity contribution in [1.82, 2.24) is 5.32 Å². The zero-order valence-corrected chi connectivity index (χ0v) is 8.47. The van der Waals surface area contributed by atoms with E-state index in [1.807, 2.05) is 0 Å². The molecular weight excluding hydrogens is 225 g/mol. The maximum absolute atomic E-state index is 12.2. The van der Waals surface area contributed by atoms with Crippen molar-refractivity contribution in [2.75, 3.05) is 6.54 Å². The molecule has 4 nitrogen and oxygen atoms in total. The third-order valence-corrected chi connectivity index (χ3v) is 1.74. The highest BCUT2D eigenvalue weighted by atomic mass is 19.4. The van der Waals surface area contributed by atoms with Crippen molar-refractivity contribution in [3.8, 4) is 0 Å². The lowest BCUT2D eigenvalue weighted by atomic mass is 10.3. The molecule has 7 heteroatoms. The Kier molecular flexibility index (Phi) is 3.58. The van der Waals surface area contributed by atoms with Gasteiger partial charge in [-0.3, -0.25) is 4.79 Å². The quantitative estimate of drug-likeness (QED) is 0.832. The van der Waals surface area contributed by atoms with Crippen molar-refractivity contribution in [2.45, 2.75) is 19.1 Å². The summed E-state index contributed by atoms with van der Waals surface area (Å²) in [4.78, 5) is 11.3. The predicted octanol–water partition coefficient (Wildman–Crippen LogP) is 1.38. The van der Waals surface area contributed by atoms with Gasteiger partial charge in [0, 0.05) is 18.7 Å². The molecule has 90 valence electrons. The molecule has 0 aliphatic rings. The Morgan fingerprint density at radius 3 is 2.69 bits per heavy atom. The van der Waals surface area contributed by atoms with Crippen LogP contribution in [0.1, 0.15) is 23.0 Å². The van der Waals surface area contributed by atoms with Gasteiger partial charge in [0.2, 0.25) is 0 Å². The highest BCUT2D eigenvalue weighted by Gasteiger charge is 2.33. The molecule has 0 aromatic carbocycles. The van der Waals surface area contributed by atoms with Crippen LogP contribution < -0.4 is 11.1 Å². The zero-order chi connectivity index (χ0) is 12.3. The van der Waals surface area contributed by atoms with Gasteiger partial charge in [-0.05, 0) is 6.92 Å². The second-order valence-corrected chi connectivity index (χ2v) is 3.38. The monoisotopic (exact) mass is 236 g/mol. The Labute approximate surface area is 89.6 Å². The summed E-state index contributed by atoms with van der Waals surface area (Å²) in [7, 11) is 0. The van der Waals surface area contributed by atoms with Gasteiger partial charge in [-0.1, -0.05) is 0 Å². The maximum atomic E-state index is 12.2. The molecule has 3 N–H and O–H groups in total. The third-order valence-electron chi connectivity index (χ3n) is 1.74. The van der Waals surface area contributed by atoms with E-state index in [0.29, 0.717) is 12.3 Å².